The van der Waals surface area contributed by atoms with Gasteiger partial charge in [0.15, 0.2) is 6.61 Å². The van der Waals surface area contributed by atoms with E-state index in [2.05, 4.69) is 5.32 Å². The van der Waals surface area contributed by atoms with Crippen LogP contribution in [0.3, 0.4) is 0 Å². The zero-order chi connectivity index (χ0) is 22.2. The summed E-state index contributed by atoms with van der Waals surface area (Å²) in [6, 6.07) is 13.5. The summed E-state index contributed by atoms with van der Waals surface area (Å²) < 4.78 is 18.0. The Labute approximate surface area is 181 Å². The molecule has 1 aliphatic heterocycles. The third-order valence-corrected chi connectivity index (χ3v) is 5.49. The van der Waals surface area contributed by atoms with Crippen LogP contribution >= 0.6 is 0 Å². The van der Waals surface area contributed by atoms with Crippen LogP contribution < -0.4 is 5.32 Å². The van der Waals surface area contributed by atoms with Crippen LogP contribution in [-0.4, -0.2) is 48.9 Å². The Morgan fingerprint density at radius 1 is 1.06 bits per heavy atom. The molecule has 1 heterocycles. The lowest BCUT2D eigenvalue weighted by molar-refractivity contribution is -0.153. The fourth-order valence-corrected chi connectivity index (χ4v) is 3.60. The van der Waals surface area contributed by atoms with Gasteiger partial charge >= 0.3 is 5.97 Å². The summed E-state index contributed by atoms with van der Waals surface area (Å²) in [6.07, 6.45) is 1.60. The van der Waals surface area contributed by atoms with Gasteiger partial charge in [-0.3, -0.25) is 14.4 Å². The standard InChI is InChI=1S/C24H27FN2O4/c1-17-4-2-3-5-21(17)23(29)27-14-11-19(12-15-27)24(30)31-16-22(28)26-13-10-18-6-8-20(25)9-7-18/h2-9,19H,10-16H2,1H3,(H,26,28). The summed E-state index contributed by atoms with van der Waals surface area (Å²) in [5.74, 6) is -1.41. The third kappa shape index (κ3) is 6.38. The molecule has 0 radical (unpaired) electrons. The minimum Gasteiger partial charge on any atom is -0.455 e. The second-order valence-corrected chi connectivity index (χ2v) is 7.72. The number of carbonyl (C=O) groups is 3. The Bertz CT molecular complexity index is 921. The summed E-state index contributed by atoms with van der Waals surface area (Å²) in [4.78, 5) is 38.6. The smallest absolute Gasteiger partial charge is 0.309 e. The van der Waals surface area contributed by atoms with E-state index >= 15 is 0 Å². The first kappa shape index (κ1) is 22.5. The fraction of sp³-hybridized carbons (Fsp3) is 0.375. The number of piperidine rings is 1. The highest BCUT2D eigenvalue weighted by Crippen LogP contribution is 2.21. The van der Waals surface area contributed by atoms with Gasteiger partial charge in [0.25, 0.3) is 11.8 Å². The van der Waals surface area contributed by atoms with Crippen LogP contribution in [0.4, 0.5) is 4.39 Å². The number of carbonyl (C=O) groups excluding carboxylic acids is 3. The van der Waals surface area contributed by atoms with Crippen molar-refractivity contribution in [1.29, 1.82) is 0 Å². The topological polar surface area (TPSA) is 75.7 Å². The Morgan fingerprint density at radius 3 is 2.42 bits per heavy atom. The molecule has 164 valence electrons. The molecule has 2 aromatic carbocycles. The lowest BCUT2D eigenvalue weighted by Gasteiger charge is -2.31. The highest BCUT2D eigenvalue weighted by atomic mass is 19.1. The van der Waals surface area contributed by atoms with E-state index in [1.165, 1.54) is 12.1 Å². The number of esters is 1. The van der Waals surface area contributed by atoms with E-state index in [0.29, 0.717) is 44.5 Å². The molecule has 3 rings (SSSR count). The maximum absolute atomic E-state index is 12.9. The SMILES string of the molecule is Cc1ccccc1C(=O)N1CCC(C(=O)OCC(=O)NCCc2ccc(F)cc2)CC1. The molecule has 6 nitrogen and oxygen atoms in total. The molecule has 7 heteroatoms. The van der Waals surface area contributed by atoms with Gasteiger partial charge in [-0.15, -0.1) is 0 Å². The Morgan fingerprint density at radius 2 is 1.74 bits per heavy atom. The van der Waals surface area contributed by atoms with Crippen molar-refractivity contribution in [3.8, 4) is 0 Å². The minimum atomic E-state index is -0.406. The summed E-state index contributed by atoms with van der Waals surface area (Å²) in [6.45, 7) is 2.92. The lowest BCUT2D eigenvalue weighted by atomic mass is 9.96. The first-order chi connectivity index (χ1) is 14.9. The van der Waals surface area contributed by atoms with Gasteiger partial charge in [0, 0.05) is 25.2 Å². The summed E-state index contributed by atoms with van der Waals surface area (Å²) in [7, 11) is 0. The van der Waals surface area contributed by atoms with E-state index < -0.39 is 5.97 Å². The van der Waals surface area contributed by atoms with Gasteiger partial charge in [-0.1, -0.05) is 30.3 Å². The van der Waals surface area contributed by atoms with Crippen molar-refractivity contribution in [3.63, 3.8) is 0 Å². The number of nitrogens with one attached hydrogen (secondary N) is 1. The molecule has 1 N–H and O–H groups in total. The van der Waals surface area contributed by atoms with E-state index in [4.69, 9.17) is 4.74 Å². The van der Waals surface area contributed by atoms with Crippen LogP contribution in [0.1, 0.15) is 34.3 Å². The molecule has 2 amide bonds. The van der Waals surface area contributed by atoms with Gasteiger partial charge < -0.3 is 15.0 Å². The van der Waals surface area contributed by atoms with Crippen molar-refractivity contribution in [2.75, 3.05) is 26.2 Å². The molecule has 0 saturated carbocycles. The molecular formula is C24H27FN2O4. The van der Waals surface area contributed by atoms with Gasteiger partial charge in [0.1, 0.15) is 5.82 Å². The first-order valence-electron chi connectivity index (χ1n) is 10.5. The van der Waals surface area contributed by atoms with Gasteiger partial charge in [-0.05, 0) is 55.5 Å². The van der Waals surface area contributed by atoms with Gasteiger partial charge in [-0.2, -0.15) is 0 Å². The predicted molar refractivity (Wildman–Crippen MR) is 114 cm³/mol. The van der Waals surface area contributed by atoms with Crippen LogP contribution in [0.15, 0.2) is 48.5 Å². The van der Waals surface area contributed by atoms with Crippen molar-refractivity contribution in [1.82, 2.24) is 10.2 Å². The molecule has 1 saturated heterocycles. The van der Waals surface area contributed by atoms with Gasteiger partial charge in [-0.25, -0.2) is 4.39 Å². The number of likely N-dealkylation sites (tertiary alicyclic amines) is 1. The van der Waals surface area contributed by atoms with Crippen LogP contribution in [-0.2, 0) is 20.7 Å². The van der Waals surface area contributed by atoms with Crippen LogP contribution in [0, 0.1) is 18.7 Å². The van der Waals surface area contributed by atoms with Crippen molar-refractivity contribution in [2.24, 2.45) is 5.92 Å². The number of ether oxygens (including phenoxy) is 1. The summed E-state index contributed by atoms with van der Waals surface area (Å²) in [5.41, 5.74) is 2.52. The molecular weight excluding hydrogens is 399 g/mol. The molecule has 0 bridgehead atoms. The van der Waals surface area contributed by atoms with Crippen molar-refractivity contribution in [3.05, 3.63) is 71.0 Å². The number of amides is 2. The van der Waals surface area contributed by atoms with Crippen LogP contribution in [0.25, 0.3) is 0 Å². The van der Waals surface area contributed by atoms with E-state index in [9.17, 15) is 18.8 Å². The summed E-state index contributed by atoms with van der Waals surface area (Å²) in [5, 5.41) is 2.69. The molecule has 0 atom stereocenters. The van der Waals surface area contributed by atoms with Crippen LogP contribution in [0.5, 0.6) is 0 Å². The average Bonchev–Trinajstić information content (AvgIpc) is 2.79. The van der Waals surface area contributed by atoms with Gasteiger partial charge in [0.2, 0.25) is 0 Å². The lowest BCUT2D eigenvalue weighted by Crippen LogP contribution is -2.41. The number of benzene rings is 2. The largest absolute Gasteiger partial charge is 0.455 e. The molecule has 1 fully saturated rings. The maximum atomic E-state index is 12.9. The average molecular weight is 426 g/mol. The summed E-state index contributed by atoms with van der Waals surface area (Å²) >= 11 is 0. The fourth-order valence-electron chi connectivity index (χ4n) is 3.60. The number of hydrogen-bond donors (Lipinski definition) is 1. The van der Waals surface area contributed by atoms with E-state index in [-0.39, 0.29) is 30.2 Å². The molecule has 0 unspecified atom stereocenters. The van der Waals surface area contributed by atoms with E-state index in [1.807, 2.05) is 31.2 Å². The highest BCUT2D eigenvalue weighted by molar-refractivity contribution is 5.95. The second kappa shape index (κ2) is 10.7. The minimum absolute atomic E-state index is 0.0227. The number of hydrogen-bond acceptors (Lipinski definition) is 4. The molecule has 31 heavy (non-hydrogen) atoms. The molecule has 0 aliphatic carbocycles. The van der Waals surface area contributed by atoms with Crippen molar-refractivity contribution in [2.45, 2.75) is 26.2 Å². The Hall–Kier alpha value is -3.22. The Balaban J connectivity index is 1.36. The second-order valence-electron chi connectivity index (χ2n) is 7.72. The maximum Gasteiger partial charge on any atom is 0.309 e. The predicted octanol–water partition coefficient (Wildman–Crippen LogP) is 2.89. The zero-order valence-corrected chi connectivity index (χ0v) is 17.6. The third-order valence-electron chi connectivity index (χ3n) is 5.49. The van der Waals surface area contributed by atoms with Gasteiger partial charge in [0.05, 0.1) is 5.92 Å². The highest BCUT2D eigenvalue weighted by Gasteiger charge is 2.29. The number of halogens is 1. The molecule has 0 aromatic heterocycles. The van der Waals surface area contributed by atoms with E-state index in [1.54, 1.807) is 17.0 Å². The molecule has 2 aromatic rings. The van der Waals surface area contributed by atoms with Crippen molar-refractivity contribution >= 4 is 17.8 Å². The van der Waals surface area contributed by atoms with Crippen molar-refractivity contribution < 1.29 is 23.5 Å². The quantitative estimate of drug-likeness (QED) is 0.691. The number of nitrogens with zero attached hydrogens (tertiary/aromatic N) is 1. The number of aryl methyl sites for hydroxylation is 1. The molecule has 1 aliphatic rings. The zero-order valence-electron chi connectivity index (χ0n) is 17.6. The monoisotopic (exact) mass is 426 g/mol. The molecule has 0 spiro atoms. The first-order valence-corrected chi connectivity index (χ1v) is 10.5. The van der Waals surface area contributed by atoms with Crippen LogP contribution in [0.2, 0.25) is 0 Å². The number of rotatable bonds is 7. The Kier molecular flexibility index (Phi) is 7.76. The normalized spacial score (nSPS) is 14.2. The van der Waals surface area contributed by atoms with E-state index in [0.717, 1.165) is 11.1 Å².